The molecule has 3 amide bonds. The molecule has 0 atom stereocenters. The Kier molecular flexibility index (Phi) is 8.29. The van der Waals surface area contributed by atoms with E-state index in [4.69, 9.17) is 26.3 Å². The van der Waals surface area contributed by atoms with Crippen LogP contribution in [0.25, 0.3) is 6.08 Å². The molecule has 2 aromatic carbocycles. The topological polar surface area (TPSA) is 126 Å². The lowest BCUT2D eigenvalue weighted by Gasteiger charge is -2.13. The molecule has 0 saturated carbocycles. The molecule has 174 valence electrons. The first kappa shape index (κ1) is 24.8. The van der Waals surface area contributed by atoms with Crippen molar-refractivity contribution in [3.63, 3.8) is 0 Å². The number of carbonyl (C=O) groups excluding carboxylic acids is 4. The number of nitriles is 1. The van der Waals surface area contributed by atoms with Gasteiger partial charge in [0.1, 0.15) is 18.4 Å². The summed E-state index contributed by atoms with van der Waals surface area (Å²) in [6.45, 7) is 1.24. The minimum Gasteiger partial charge on any atom is -0.479 e. The highest BCUT2D eigenvalue weighted by atomic mass is 35.5. The SMILES string of the molecule is CCOC(=O)c1cc(NC(=O)CN2C(=O)S/C(=C\c3ccc(OCC#N)cc3)C2=O)ccc1Cl. The number of nitrogens with one attached hydrogen (secondary N) is 1. The molecule has 0 aromatic heterocycles. The van der Waals surface area contributed by atoms with Crippen LogP contribution in [-0.2, 0) is 14.3 Å². The van der Waals surface area contributed by atoms with Gasteiger partial charge in [0.05, 0.1) is 22.1 Å². The fourth-order valence-electron chi connectivity index (χ4n) is 2.88. The van der Waals surface area contributed by atoms with E-state index in [1.54, 1.807) is 31.2 Å². The molecular weight excluding hydrogens is 482 g/mol. The van der Waals surface area contributed by atoms with Crippen LogP contribution in [-0.4, -0.2) is 47.7 Å². The Hall–Kier alpha value is -3.81. The summed E-state index contributed by atoms with van der Waals surface area (Å²) >= 11 is 6.74. The number of benzene rings is 2. The number of imide groups is 1. The van der Waals surface area contributed by atoms with E-state index in [1.807, 2.05) is 6.07 Å². The van der Waals surface area contributed by atoms with E-state index >= 15 is 0 Å². The van der Waals surface area contributed by atoms with Gasteiger partial charge in [-0.1, -0.05) is 23.7 Å². The Bertz CT molecular complexity index is 1210. The third kappa shape index (κ3) is 6.15. The molecule has 3 rings (SSSR count). The number of carbonyl (C=O) groups is 4. The molecule has 1 saturated heterocycles. The Balaban J connectivity index is 1.65. The van der Waals surface area contributed by atoms with Crippen LogP contribution in [0.15, 0.2) is 47.4 Å². The zero-order valence-electron chi connectivity index (χ0n) is 17.9. The van der Waals surface area contributed by atoms with E-state index in [2.05, 4.69) is 5.32 Å². The van der Waals surface area contributed by atoms with Gasteiger partial charge in [0, 0.05) is 5.69 Å². The summed E-state index contributed by atoms with van der Waals surface area (Å²) in [5.41, 5.74) is 0.991. The summed E-state index contributed by atoms with van der Waals surface area (Å²) in [5, 5.41) is 10.7. The maximum Gasteiger partial charge on any atom is 0.339 e. The minimum absolute atomic E-state index is 0.0828. The van der Waals surface area contributed by atoms with Gasteiger partial charge in [-0.05, 0) is 60.7 Å². The lowest BCUT2D eigenvalue weighted by atomic mass is 10.2. The van der Waals surface area contributed by atoms with E-state index < -0.39 is 29.6 Å². The highest BCUT2D eigenvalue weighted by Crippen LogP contribution is 2.32. The van der Waals surface area contributed by atoms with Crippen molar-refractivity contribution in [3.8, 4) is 11.8 Å². The monoisotopic (exact) mass is 499 g/mol. The molecule has 2 aromatic rings. The van der Waals surface area contributed by atoms with Gasteiger partial charge in [-0.25, -0.2) is 4.79 Å². The lowest BCUT2D eigenvalue weighted by molar-refractivity contribution is -0.127. The number of anilines is 1. The maximum absolute atomic E-state index is 12.7. The van der Waals surface area contributed by atoms with Crippen LogP contribution >= 0.6 is 23.4 Å². The number of hydrogen-bond donors (Lipinski definition) is 1. The van der Waals surface area contributed by atoms with Crippen molar-refractivity contribution < 1.29 is 28.7 Å². The van der Waals surface area contributed by atoms with Crippen LogP contribution in [0.3, 0.4) is 0 Å². The number of amides is 3. The second kappa shape index (κ2) is 11.4. The molecule has 0 bridgehead atoms. The number of thioether (sulfide) groups is 1. The van der Waals surface area contributed by atoms with Gasteiger partial charge in [0.25, 0.3) is 11.1 Å². The summed E-state index contributed by atoms with van der Waals surface area (Å²) in [7, 11) is 0. The van der Waals surface area contributed by atoms with Crippen LogP contribution in [0.4, 0.5) is 10.5 Å². The summed E-state index contributed by atoms with van der Waals surface area (Å²) in [6.07, 6.45) is 1.53. The minimum atomic E-state index is -0.635. The van der Waals surface area contributed by atoms with Gasteiger partial charge < -0.3 is 14.8 Å². The first-order valence-electron chi connectivity index (χ1n) is 9.94. The maximum atomic E-state index is 12.7. The smallest absolute Gasteiger partial charge is 0.339 e. The molecule has 1 N–H and O–H groups in total. The highest BCUT2D eigenvalue weighted by molar-refractivity contribution is 8.18. The molecule has 11 heteroatoms. The second-order valence-corrected chi connectivity index (χ2v) is 8.15. The van der Waals surface area contributed by atoms with Crippen molar-refractivity contribution in [1.82, 2.24) is 4.90 Å². The Morgan fingerprint density at radius 2 is 1.94 bits per heavy atom. The van der Waals surface area contributed by atoms with Crippen molar-refractivity contribution in [2.24, 2.45) is 0 Å². The largest absolute Gasteiger partial charge is 0.479 e. The Labute approximate surface area is 204 Å². The third-order valence-corrected chi connectivity index (χ3v) is 5.64. The molecule has 0 aliphatic carbocycles. The van der Waals surface area contributed by atoms with Crippen molar-refractivity contribution in [2.75, 3.05) is 25.1 Å². The van der Waals surface area contributed by atoms with Crippen LogP contribution in [0.5, 0.6) is 5.75 Å². The zero-order chi connectivity index (χ0) is 24.7. The zero-order valence-corrected chi connectivity index (χ0v) is 19.4. The predicted molar refractivity (Wildman–Crippen MR) is 126 cm³/mol. The number of nitrogens with zero attached hydrogens (tertiary/aromatic N) is 2. The van der Waals surface area contributed by atoms with Crippen LogP contribution < -0.4 is 10.1 Å². The van der Waals surface area contributed by atoms with Crippen LogP contribution in [0.2, 0.25) is 5.02 Å². The summed E-state index contributed by atoms with van der Waals surface area (Å²) < 4.78 is 10.1. The first-order chi connectivity index (χ1) is 16.3. The van der Waals surface area contributed by atoms with E-state index in [1.165, 1.54) is 24.3 Å². The Morgan fingerprint density at radius 1 is 1.21 bits per heavy atom. The van der Waals surface area contributed by atoms with Gasteiger partial charge in [-0.2, -0.15) is 5.26 Å². The van der Waals surface area contributed by atoms with Gasteiger partial charge in [0.15, 0.2) is 6.61 Å². The third-order valence-electron chi connectivity index (χ3n) is 4.40. The molecule has 1 fully saturated rings. The molecule has 1 aliphatic rings. The van der Waals surface area contributed by atoms with Crippen LogP contribution in [0.1, 0.15) is 22.8 Å². The van der Waals surface area contributed by atoms with E-state index in [0.717, 1.165) is 16.7 Å². The van der Waals surface area contributed by atoms with Crippen molar-refractivity contribution in [1.29, 1.82) is 5.26 Å². The summed E-state index contributed by atoms with van der Waals surface area (Å²) in [5.74, 6) is -1.36. The van der Waals surface area contributed by atoms with E-state index in [0.29, 0.717) is 11.3 Å². The van der Waals surface area contributed by atoms with E-state index in [-0.39, 0.29) is 34.4 Å². The number of hydrogen-bond acceptors (Lipinski definition) is 8. The predicted octanol–water partition coefficient (Wildman–Crippen LogP) is 4.09. The molecular formula is C23H18ClN3O6S. The standard InChI is InChI=1S/C23H18ClN3O6S/c1-2-32-22(30)17-12-15(5-8-18(17)24)26-20(28)13-27-21(29)19(34-23(27)31)11-14-3-6-16(7-4-14)33-10-9-25/h3-8,11-12H,2,10,13H2,1H3,(H,26,28)/b19-11-. The molecule has 1 heterocycles. The molecule has 0 spiro atoms. The van der Waals surface area contributed by atoms with Crippen molar-refractivity contribution >= 4 is 58.1 Å². The molecule has 0 radical (unpaired) electrons. The van der Waals surface area contributed by atoms with Gasteiger partial charge in [-0.15, -0.1) is 0 Å². The summed E-state index contributed by atoms with van der Waals surface area (Å²) in [4.78, 5) is 50.4. The quantitative estimate of drug-likeness (QED) is 0.425. The van der Waals surface area contributed by atoms with Crippen molar-refractivity contribution in [2.45, 2.75) is 6.92 Å². The van der Waals surface area contributed by atoms with Gasteiger partial charge in [-0.3, -0.25) is 19.3 Å². The van der Waals surface area contributed by atoms with Gasteiger partial charge >= 0.3 is 5.97 Å². The number of rotatable bonds is 8. The second-order valence-electron chi connectivity index (χ2n) is 6.75. The van der Waals surface area contributed by atoms with E-state index in [9.17, 15) is 19.2 Å². The molecule has 0 unspecified atom stereocenters. The fourth-order valence-corrected chi connectivity index (χ4v) is 3.91. The summed E-state index contributed by atoms with van der Waals surface area (Å²) in [6, 6.07) is 12.8. The first-order valence-corrected chi connectivity index (χ1v) is 11.1. The number of esters is 1. The lowest BCUT2D eigenvalue weighted by Crippen LogP contribution is -2.36. The van der Waals surface area contributed by atoms with Crippen LogP contribution in [0, 0.1) is 11.3 Å². The number of halogens is 1. The fraction of sp³-hybridized carbons (Fsp3) is 0.174. The number of ether oxygens (including phenoxy) is 2. The van der Waals surface area contributed by atoms with Crippen molar-refractivity contribution in [3.05, 3.63) is 63.5 Å². The average Bonchev–Trinajstić information content (AvgIpc) is 3.07. The van der Waals surface area contributed by atoms with Gasteiger partial charge in [0.2, 0.25) is 5.91 Å². The molecule has 1 aliphatic heterocycles. The highest BCUT2D eigenvalue weighted by Gasteiger charge is 2.36. The Morgan fingerprint density at radius 3 is 2.62 bits per heavy atom. The average molecular weight is 500 g/mol. The molecule has 34 heavy (non-hydrogen) atoms. The normalized spacial score (nSPS) is 14.1. The molecule has 9 nitrogen and oxygen atoms in total.